The number of fused-ring (bicyclic) bond motifs is 2. The average molecular weight is 466 g/mol. The number of hydrogen-bond donors (Lipinski definition) is 1. The van der Waals surface area contributed by atoms with Crippen LogP contribution in [0.25, 0.3) is 38.9 Å². The van der Waals surface area contributed by atoms with E-state index in [1.165, 1.54) is 6.08 Å². The summed E-state index contributed by atoms with van der Waals surface area (Å²) in [6.45, 7) is 0. The van der Waals surface area contributed by atoms with Crippen LogP contribution < -0.4 is 10.3 Å². The molecule has 0 fully saturated rings. The molecule has 1 heterocycles. The highest BCUT2D eigenvalue weighted by atomic mass is 35.5. The number of H-pyrrole nitrogens is 1. The molecule has 0 radical (unpaired) electrons. The number of pyridine rings is 1. The van der Waals surface area contributed by atoms with Crippen LogP contribution in [0.1, 0.15) is 15.9 Å². The van der Waals surface area contributed by atoms with E-state index in [1.54, 1.807) is 31.4 Å². The van der Waals surface area contributed by atoms with Gasteiger partial charge < -0.3 is 9.72 Å². The Kier molecular flexibility index (Phi) is 5.74. The van der Waals surface area contributed by atoms with Gasteiger partial charge in [0, 0.05) is 27.1 Å². The normalized spacial score (nSPS) is 11.4. The number of aromatic amines is 1. The zero-order chi connectivity index (χ0) is 23.7. The van der Waals surface area contributed by atoms with E-state index < -0.39 is 11.3 Å². The van der Waals surface area contributed by atoms with Crippen LogP contribution in [0.3, 0.4) is 0 Å². The molecule has 0 aliphatic carbocycles. The van der Waals surface area contributed by atoms with Crippen molar-refractivity contribution in [2.75, 3.05) is 7.11 Å². The van der Waals surface area contributed by atoms with E-state index >= 15 is 0 Å². The summed E-state index contributed by atoms with van der Waals surface area (Å²) in [4.78, 5) is 29.5. The summed E-state index contributed by atoms with van der Waals surface area (Å²) in [7, 11) is 1.59. The number of carbonyl (C=O) groups excluding carboxylic acids is 1. The molecule has 0 amide bonds. The van der Waals surface area contributed by atoms with Gasteiger partial charge in [0.05, 0.1) is 12.7 Å². The van der Waals surface area contributed by atoms with Crippen molar-refractivity contribution >= 4 is 45.1 Å². The fourth-order valence-corrected chi connectivity index (χ4v) is 4.45. The predicted molar refractivity (Wildman–Crippen MR) is 139 cm³/mol. The maximum Gasteiger partial charge on any atom is 0.260 e. The third-order valence-electron chi connectivity index (χ3n) is 5.84. The van der Waals surface area contributed by atoms with Gasteiger partial charge in [0.2, 0.25) is 0 Å². The average Bonchev–Trinajstić information content (AvgIpc) is 2.87. The molecule has 0 saturated carbocycles. The van der Waals surface area contributed by atoms with Gasteiger partial charge in [0.15, 0.2) is 5.78 Å². The zero-order valence-electron chi connectivity index (χ0n) is 18.3. The zero-order valence-corrected chi connectivity index (χ0v) is 19.1. The van der Waals surface area contributed by atoms with E-state index in [0.717, 1.165) is 21.9 Å². The van der Waals surface area contributed by atoms with Crippen LogP contribution in [0, 0.1) is 0 Å². The Balaban J connectivity index is 1.71. The second-order valence-corrected chi connectivity index (χ2v) is 8.30. The number of benzene rings is 4. The van der Waals surface area contributed by atoms with Crippen molar-refractivity contribution in [1.82, 2.24) is 4.98 Å². The Morgan fingerprint density at radius 3 is 2.47 bits per heavy atom. The first kappa shape index (κ1) is 21.7. The van der Waals surface area contributed by atoms with Crippen LogP contribution in [0.15, 0.2) is 95.8 Å². The first-order valence-corrected chi connectivity index (χ1v) is 11.1. The number of ketones is 1. The van der Waals surface area contributed by atoms with Crippen LogP contribution in [0.5, 0.6) is 5.75 Å². The molecule has 0 bridgehead atoms. The number of nitrogens with one attached hydrogen (secondary N) is 1. The highest BCUT2D eigenvalue weighted by molar-refractivity contribution is 6.31. The van der Waals surface area contributed by atoms with Crippen LogP contribution in [0.2, 0.25) is 5.02 Å². The molecule has 34 heavy (non-hydrogen) atoms. The van der Waals surface area contributed by atoms with E-state index in [-0.39, 0.29) is 5.56 Å². The fraction of sp³-hybridized carbons (Fsp3) is 0.0345. The lowest BCUT2D eigenvalue weighted by atomic mass is 9.93. The number of hydrogen-bond acceptors (Lipinski definition) is 3. The molecule has 4 aromatic carbocycles. The third-order valence-corrected chi connectivity index (χ3v) is 6.07. The Morgan fingerprint density at radius 2 is 1.68 bits per heavy atom. The number of ether oxygens (including phenoxy) is 1. The molecule has 5 heteroatoms. The lowest BCUT2D eigenvalue weighted by Crippen LogP contribution is -2.18. The Labute approximate surface area is 201 Å². The van der Waals surface area contributed by atoms with Crippen LogP contribution in [-0.4, -0.2) is 17.9 Å². The fourth-order valence-electron chi connectivity index (χ4n) is 4.27. The summed E-state index contributed by atoms with van der Waals surface area (Å²) < 4.78 is 5.53. The van der Waals surface area contributed by atoms with Gasteiger partial charge in [-0.3, -0.25) is 9.59 Å². The maximum absolute atomic E-state index is 13.5. The Hall–Kier alpha value is -4.15. The Morgan fingerprint density at radius 1 is 0.912 bits per heavy atom. The first-order valence-electron chi connectivity index (χ1n) is 10.8. The summed E-state index contributed by atoms with van der Waals surface area (Å²) in [5.74, 6) is 0.238. The summed E-state index contributed by atoms with van der Waals surface area (Å²) in [6.07, 6.45) is 3.14. The van der Waals surface area contributed by atoms with Gasteiger partial charge in [-0.15, -0.1) is 0 Å². The van der Waals surface area contributed by atoms with Crippen molar-refractivity contribution in [1.29, 1.82) is 0 Å². The van der Waals surface area contributed by atoms with E-state index in [9.17, 15) is 9.59 Å². The first-order chi connectivity index (χ1) is 16.6. The number of rotatable bonds is 5. The van der Waals surface area contributed by atoms with Gasteiger partial charge in [-0.05, 0) is 52.8 Å². The predicted octanol–water partition coefficient (Wildman–Crippen LogP) is 6.91. The largest absolute Gasteiger partial charge is 0.496 e. The molecular weight excluding hydrogens is 446 g/mol. The molecule has 0 unspecified atom stereocenters. The molecule has 0 aliphatic rings. The minimum Gasteiger partial charge on any atom is -0.496 e. The molecule has 1 aromatic heterocycles. The lowest BCUT2D eigenvalue weighted by Gasteiger charge is -2.12. The standard InChI is InChI=1S/C29H20ClNO3/c1-34-26-16-11-18-7-5-6-10-21(18)22(26)13-15-25(32)28-27(19-8-3-2-4-9-19)23-17-20(30)12-14-24(23)31-29(28)33/h2-17H,1H3,(H,31,33)/b15-13+. The van der Waals surface area contributed by atoms with Crippen LogP contribution in [0.4, 0.5) is 0 Å². The molecule has 166 valence electrons. The molecule has 0 aliphatic heterocycles. The number of allylic oxidation sites excluding steroid dienone is 1. The minimum atomic E-state index is -0.451. The number of methoxy groups -OCH3 is 1. The third kappa shape index (κ3) is 3.89. The highest BCUT2D eigenvalue weighted by Gasteiger charge is 2.19. The molecule has 0 atom stereocenters. The van der Waals surface area contributed by atoms with Crippen molar-refractivity contribution in [2.45, 2.75) is 0 Å². The molecule has 4 nitrogen and oxygen atoms in total. The highest BCUT2D eigenvalue weighted by Crippen LogP contribution is 2.33. The quantitative estimate of drug-likeness (QED) is 0.227. The van der Waals surface area contributed by atoms with Gasteiger partial charge in [0.1, 0.15) is 5.75 Å². The van der Waals surface area contributed by atoms with Gasteiger partial charge in [0.25, 0.3) is 5.56 Å². The Bertz CT molecular complexity index is 1640. The van der Waals surface area contributed by atoms with E-state index in [0.29, 0.717) is 27.2 Å². The molecular formula is C29H20ClNO3. The topological polar surface area (TPSA) is 59.2 Å². The number of aromatic nitrogens is 1. The van der Waals surface area contributed by atoms with Crippen LogP contribution >= 0.6 is 11.6 Å². The number of carbonyl (C=O) groups is 1. The summed E-state index contributed by atoms with van der Waals surface area (Å²) in [5, 5.41) is 3.20. The van der Waals surface area contributed by atoms with Crippen molar-refractivity contribution in [3.05, 3.63) is 118 Å². The molecule has 1 N–H and O–H groups in total. The van der Waals surface area contributed by atoms with E-state index in [1.807, 2.05) is 66.7 Å². The summed E-state index contributed by atoms with van der Waals surface area (Å²) in [6, 6.07) is 26.3. The van der Waals surface area contributed by atoms with Gasteiger partial charge in [-0.1, -0.05) is 72.3 Å². The minimum absolute atomic E-state index is 0.0661. The van der Waals surface area contributed by atoms with Crippen molar-refractivity contribution in [2.24, 2.45) is 0 Å². The molecule has 5 aromatic rings. The van der Waals surface area contributed by atoms with Crippen molar-refractivity contribution in [3.8, 4) is 16.9 Å². The molecule has 0 spiro atoms. The SMILES string of the molecule is COc1ccc2ccccc2c1/C=C/C(=O)c1c(-c2ccccc2)c2cc(Cl)ccc2[nH]c1=O. The molecule has 0 saturated heterocycles. The lowest BCUT2D eigenvalue weighted by molar-refractivity contribution is 0.104. The summed E-state index contributed by atoms with van der Waals surface area (Å²) in [5.41, 5.74) is 2.33. The number of halogens is 1. The van der Waals surface area contributed by atoms with Crippen molar-refractivity contribution < 1.29 is 9.53 Å². The summed E-state index contributed by atoms with van der Waals surface area (Å²) >= 11 is 6.28. The van der Waals surface area contributed by atoms with Crippen LogP contribution in [-0.2, 0) is 0 Å². The van der Waals surface area contributed by atoms with Gasteiger partial charge in [-0.25, -0.2) is 0 Å². The van der Waals surface area contributed by atoms with Gasteiger partial charge >= 0.3 is 0 Å². The second kappa shape index (κ2) is 9.00. The van der Waals surface area contributed by atoms with E-state index in [2.05, 4.69) is 4.98 Å². The van der Waals surface area contributed by atoms with E-state index in [4.69, 9.17) is 16.3 Å². The molecule has 5 rings (SSSR count). The smallest absolute Gasteiger partial charge is 0.260 e. The maximum atomic E-state index is 13.5. The van der Waals surface area contributed by atoms with Crippen molar-refractivity contribution in [3.63, 3.8) is 0 Å². The van der Waals surface area contributed by atoms with Gasteiger partial charge in [-0.2, -0.15) is 0 Å². The monoisotopic (exact) mass is 465 g/mol. The second-order valence-electron chi connectivity index (χ2n) is 7.86.